The van der Waals surface area contributed by atoms with Crippen LogP contribution in [0.1, 0.15) is 38.8 Å². The van der Waals surface area contributed by atoms with Gasteiger partial charge in [0, 0.05) is 31.5 Å². The Bertz CT molecular complexity index is 1300. The van der Waals surface area contributed by atoms with E-state index in [1.807, 2.05) is 45.0 Å². The van der Waals surface area contributed by atoms with Gasteiger partial charge in [-0.15, -0.1) is 0 Å². The van der Waals surface area contributed by atoms with Gasteiger partial charge in [0.2, 0.25) is 11.9 Å². The molecule has 1 aliphatic rings. The molecular formula is C27H36N8O3. The number of nitrogens with one attached hydrogen (secondary N) is 3. The average Bonchev–Trinajstić information content (AvgIpc) is 3.33. The molecule has 0 atom stereocenters. The Morgan fingerprint density at radius 2 is 1.97 bits per heavy atom. The van der Waals surface area contributed by atoms with E-state index < -0.39 is 5.54 Å². The van der Waals surface area contributed by atoms with Crippen LogP contribution in [-0.4, -0.2) is 68.9 Å². The number of carbonyl (C=O) groups is 2. The molecule has 38 heavy (non-hydrogen) atoms. The van der Waals surface area contributed by atoms with Crippen LogP contribution in [0.3, 0.4) is 0 Å². The molecule has 2 aromatic heterocycles. The minimum atomic E-state index is -0.837. The van der Waals surface area contributed by atoms with Crippen molar-refractivity contribution in [1.82, 2.24) is 35.3 Å². The molecule has 0 spiro atoms. The molecular weight excluding hydrogens is 484 g/mol. The van der Waals surface area contributed by atoms with Gasteiger partial charge in [-0.2, -0.15) is 5.10 Å². The van der Waals surface area contributed by atoms with E-state index in [2.05, 4.69) is 31.0 Å². The van der Waals surface area contributed by atoms with E-state index in [0.717, 1.165) is 22.4 Å². The standard InChI is InChI=1S/C27H36N8O3/c1-17(2)38-22-15-34(16-22)26(37)30-12-20-8-7-19(11-18(20)3)23-9-10-29-25(33-23)32-21-13-31-35(14-21)27(4,5)24(36)28-6/h7-11,13-14,17,22H,12,15-16H2,1-6H3,(H,28,36)(H,30,37)(H,29,32,33). The first-order chi connectivity index (χ1) is 18.1. The summed E-state index contributed by atoms with van der Waals surface area (Å²) in [5, 5.41) is 13.1. The van der Waals surface area contributed by atoms with Gasteiger partial charge in [0.1, 0.15) is 5.54 Å². The van der Waals surface area contributed by atoms with Crippen LogP contribution in [0.5, 0.6) is 0 Å². The summed E-state index contributed by atoms with van der Waals surface area (Å²) in [6.45, 7) is 11.3. The fourth-order valence-electron chi connectivity index (χ4n) is 4.22. The molecule has 1 aliphatic heterocycles. The summed E-state index contributed by atoms with van der Waals surface area (Å²) in [7, 11) is 1.60. The highest BCUT2D eigenvalue weighted by Gasteiger charge is 2.32. The van der Waals surface area contributed by atoms with Crippen LogP contribution in [0, 0.1) is 6.92 Å². The lowest BCUT2D eigenvalue weighted by Gasteiger charge is -2.39. The summed E-state index contributed by atoms with van der Waals surface area (Å²) in [4.78, 5) is 35.3. The molecule has 3 heterocycles. The fraction of sp³-hybridized carbons (Fsp3) is 0.444. The van der Waals surface area contributed by atoms with Crippen molar-refractivity contribution in [2.45, 2.75) is 58.9 Å². The van der Waals surface area contributed by atoms with Crippen molar-refractivity contribution in [3.05, 3.63) is 54.0 Å². The number of nitrogens with zero attached hydrogens (tertiary/aromatic N) is 5. The molecule has 1 saturated heterocycles. The Hall–Kier alpha value is -3.99. The topological polar surface area (TPSA) is 126 Å². The molecule has 3 amide bonds. The van der Waals surface area contributed by atoms with Gasteiger partial charge in [0.05, 0.1) is 42.9 Å². The molecule has 0 radical (unpaired) electrons. The van der Waals surface area contributed by atoms with Crippen molar-refractivity contribution in [3.8, 4) is 11.3 Å². The summed E-state index contributed by atoms with van der Waals surface area (Å²) in [6, 6.07) is 7.81. The van der Waals surface area contributed by atoms with E-state index in [4.69, 9.17) is 4.74 Å². The Morgan fingerprint density at radius 1 is 1.21 bits per heavy atom. The van der Waals surface area contributed by atoms with Gasteiger partial charge in [-0.25, -0.2) is 14.8 Å². The predicted molar refractivity (Wildman–Crippen MR) is 145 cm³/mol. The number of hydrogen-bond acceptors (Lipinski definition) is 7. The third-order valence-corrected chi connectivity index (χ3v) is 6.52. The second kappa shape index (κ2) is 11.2. The highest BCUT2D eigenvalue weighted by atomic mass is 16.5. The van der Waals surface area contributed by atoms with Crippen molar-refractivity contribution >= 4 is 23.6 Å². The molecule has 202 valence electrons. The van der Waals surface area contributed by atoms with E-state index in [9.17, 15) is 9.59 Å². The summed E-state index contributed by atoms with van der Waals surface area (Å²) in [5.41, 5.74) is 3.63. The predicted octanol–water partition coefficient (Wildman–Crippen LogP) is 3.19. The molecule has 0 aliphatic carbocycles. The van der Waals surface area contributed by atoms with Gasteiger partial charge < -0.3 is 25.6 Å². The molecule has 11 heteroatoms. The zero-order valence-corrected chi connectivity index (χ0v) is 22.8. The first-order valence-electron chi connectivity index (χ1n) is 12.7. The fourth-order valence-corrected chi connectivity index (χ4v) is 4.22. The van der Waals surface area contributed by atoms with Crippen LogP contribution >= 0.6 is 0 Å². The Morgan fingerprint density at radius 3 is 2.66 bits per heavy atom. The number of rotatable bonds is 9. The lowest BCUT2D eigenvalue weighted by atomic mass is 10.0. The zero-order chi connectivity index (χ0) is 27.4. The molecule has 4 rings (SSSR count). The molecule has 3 aromatic rings. The van der Waals surface area contributed by atoms with Crippen LogP contribution in [0.15, 0.2) is 42.9 Å². The van der Waals surface area contributed by atoms with Crippen molar-refractivity contribution in [1.29, 1.82) is 0 Å². The second-order valence-corrected chi connectivity index (χ2v) is 10.2. The summed E-state index contributed by atoms with van der Waals surface area (Å²) < 4.78 is 7.31. The first-order valence-corrected chi connectivity index (χ1v) is 12.7. The van der Waals surface area contributed by atoms with Crippen molar-refractivity contribution in [2.75, 3.05) is 25.5 Å². The lowest BCUT2D eigenvalue weighted by molar-refractivity contribution is -0.128. The third-order valence-electron chi connectivity index (χ3n) is 6.52. The Kier molecular flexibility index (Phi) is 7.96. The minimum Gasteiger partial charge on any atom is -0.372 e. The maximum Gasteiger partial charge on any atom is 0.317 e. The summed E-state index contributed by atoms with van der Waals surface area (Å²) in [6.07, 6.45) is 5.36. The summed E-state index contributed by atoms with van der Waals surface area (Å²) in [5.74, 6) is 0.275. The molecule has 0 saturated carbocycles. The van der Waals surface area contributed by atoms with Crippen LogP contribution < -0.4 is 16.0 Å². The van der Waals surface area contributed by atoms with E-state index in [-0.39, 0.29) is 24.1 Å². The second-order valence-electron chi connectivity index (χ2n) is 10.2. The quantitative estimate of drug-likeness (QED) is 0.396. The lowest BCUT2D eigenvalue weighted by Crippen LogP contribution is -2.58. The number of urea groups is 1. The number of hydrogen-bond donors (Lipinski definition) is 3. The zero-order valence-electron chi connectivity index (χ0n) is 22.8. The van der Waals surface area contributed by atoms with Crippen molar-refractivity contribution < 1.29 is 14.3 Å². The minimum absolute atomic E-state index is 0.0781. The van der Waals surface area contributed by atoms with E-state index in [1.54, 1.807) is 49.1 Å². The number of likely N-dealkylation sites (N-methyl/N-ethyl adjacent to an activating group) is 1. The smallest absolute Gasteiger partial charge is 0.317 e. The third kappa shape index (κ3) is 6.10. The van der Waals surface area contributed by atoms with Crippen LogP contribution in [0.25, 0.3) is 11.3 Å². The highest BCUT2D eigenvalue weighted by Crippen LogP contribution is 2.24. The number of aromatic nitrogens is 4. The summed E-state index contributed by atoms with van der Waals surface area (Å²) >= 11 is 0. The van der Waals surface area contributed by atoms with E-state index in [1.165, 1.54) is 0 Å². The number of anilines is 2. The number of amides is 3. The van der Waals surface area contributed by atoms with Crippen molar-refractivity contribution in [3.63, 3.8) is 0 Å². The van der Waals surface area contributed by atoms with Gasteiger partial charge in [0.25, 0.3) is 0 Å². The molecule has 1 aromatic carbocycles. The van der Waals surface area contributed by atoms with Crippen LogP contribution in [0.4, 0.5) is 16.4 Å². The van der Waals surface area contributed by atoms with Gasteiger partial charge in [-0.1, -0.05) is 12.1 Å². The number of carbonyl (C=O) groups excluding carboxylic acids is 2. The molecule has 0 bridgehead atoms. The number of aryl methyl sites for hydroxylation is 1. The SMILES string of the molecule is CNC(=O)C(C)(C)n1cc(Nc2nccc(-c3ccc(CNC(=O)N4CC(OC(C)C)C4)c(C)c3)n2)cn1. The molecule has 0 unspecified atom stereocenters. The maximum absolute atomic E-state index is 12.4. The largest absolute Gasteiger partial charge is 0.372 e. The van der Waals surface area contributed by atoms with Crippen LogP contribution in [-0.2, 0) is 21.6 Å². The molecule has 11 nitrogen and oxygen atoms in total. The Labute approximate surface area is 223 Å². The normalized spacial score (nSPS) is 13.8. The average molecular weight is 521 g/mol. The highest BCUT2D eigenvalue weighted by molar-refractivity contribution is 5.83. The molecule has 1 fully saturated rings. The number of ether oxygens (including phenoxy) is 1. The van der Waals surface area contributed by atoms with Crippen LogP contribution in [0.2, 0.25) is 0 Å². The maximum atomic E-state index is 12.4. The molecule has 3 N–H and O–H groups in total. The monoisotopic (exact) mass is 520 g/mol. The van der Waals surface area contributed by atoms with Crippen molar-refractivity contribution in [2.24, 2.45) is 0 Å². The first kappa shape index (κ1) is 27.1. The van der Waals surface area contributed by atoms with Gasteiger partial charge in [-0.05, 0) is 57.9 Å². The number of benzene rings is 1. The Balaban J connectivity index is 1.37. The van der Waals surface area contributed by atoms with E-state index >= 15 is 0 Å². The van der Waals surface area contributed by atoms with E-state index in [0.29, 0.717) is 31.3 Å². The van der Waals surface area contributed by atoms with Gasteiger partial charge in [0.15, 0.2) is 0 Å². The van der Waals surface area contributed by atoms with Gasteiger partial charge in [-0.3, -0.25) is 9.48 Å². The number of likely N-dealkylation sites (tertiary alicyclic amines) is 1. The van der Waals surface area contributed by atoms with Gasteiger partial charge >= 0.3 is 6.03 Å².